The number of hydrogen-bond acceptors (Lipinski definition) is 3. The molecule has 0 spiro atoms. The number of pyridine rings is 1. The van der Waals surface area contributed by atoms with Crippen LogP contribution in [0.15, 0.2) is 6.07 Å². The maximum Gasteiger partial charge on any atom is 0.218 e. The third-order valence-corrected chi connectivity index (χ3v) is 2.41. The fraction of sp³-hybridized carbons (Fsp3) is 0.615. The molecule has 16 heavy (non-hydrogen) atoms. The van der Waals surface area contributed by atoms with Crippen molar-refractivity contribution in [2.24, 2.45) is 0 Å². The van der Waals surface area contributed by atoms with Gasteiger partial charge in [0.25, 0.3) is 0 Å². The summed E-state index contributed by atoms with van der Waals surface area (Å²) in [7, 11) is 0. The summed E-state index contributed by atoms with van der Waals surface area (Å²) in [6, 6.07) is 2.56. The van der Waals surface area contributed by atoms with Crippen molar-refractivity contribution in [3.8, 4) is 5.88 Å². The Labute approximate surface area is 98.2 Å². The Balaban J connectivity index is 2.94. The van der Waals surface area contributed by atoms with Crippen molar-refractivity contribution in [2.45, 2.75) is 47.2 Å². The first-order valence-corrected chi connectivity index (χ1v) is 5.87. The van der Waals surface area contributed by atoms with Gasteiger partial charge < -0.3 is 10.1 Å². The van der Waals surface area contributed by atoms with Gasteiger partial charge in [0.1, 0.15) is 0 Å². The molecule has 1 aromatic heterocycles. The van der Waals surface area contributed by atoms with Crippen LogP contribution in [0.25, 0.3) is 0 Å². The number of rotatable bonds is 5. The van der Waals surface area contributed by atoms with E-state index in [4.69, 9.17) is 4.74 Å². The van der Waals surface area contributed by atoms with E-state index in [1.807, 2.05) is 13.8 Å². The van der Waals surface area contributed by atoms with Gasteiger partial charge in [-0.05, 0) is 32.4 Å². The van der Waals surface area contributed by atoms with E-state index in [0.29, 0.717) is 12.6 Å². The second kappa shape index (κ2) is 5.85. The molecule has 0 fully saturated rings. The van der Waals surface area contributed by atoms with Gasteiger partial charge in [0.15, 0.2) is 0 Å². The predicted molar refractivity (Wildman–Crippen MR) is 66.9 cm³/mol. The minimum Gasteiger partial charge on any atom is -0.478 e. The van der Waals surface area contributed by atoms with Crippen LogP contribution in [-0.2, 0) is 6.54 Å². The molecular formula is C13H22N2O. The van der Waals surface area contributed by atoms with Crippen LogP contribution >= 0.6 is 0 Å². The lowest BCUT2D eigenvalue weighted by atomic mass is 10.1. The lowest BCUT2D eigenvalue weighted by Gasteiger charge is -2.15. The highest BCUT2D eigenvalue weighted by Crippen LogP contribution is 2.20. The zero-order valence-electron chi connectivity index (χ0n) is 10.9. The summed E-state index contributed by atoms with van der Waals surface area (Å²) in [4.78, 5) is 4.44. The highest BCUT2D eigenvalue weighted by molar-refractivity contribution is 5.35. The molecule has 1 rings (SSSR count). The summed E-state index contributed by atoms with van der Waals surface area (Å²) in [5.74, 6) is 0.771. The van der Waals surface area contributed by atoms with Gasteiger partial charge in [-0.2, -0.15) is 0 Å². The van der Waals surface area contributed by atoms with E-state index in [1.165, 1.54) is 11.1 Å². The van der Waals surface area contributed by atoms with Crippen LogP contribution in [0.1, 0.15) is 37.6 Å². The van der Waals surface area contributed by atoms with E-state index >= 15 is 0 Å². The Morgan fingerprint density at radius 1 is 1.38 bits per heavy atom. The molecule has 3 nitrogen and oxygen atoms in total. The van der Waals surface area contributed by atoms with Crippen LogP contribution in [0.5, 0.6) is 5.88 Å². The Bertz CT molecular complexity index is 348. The van der Waals surface area contributed by atoms with Crippen LogP contribution in [0, 0.1) is 13.8 Å². The number of aryl methyl sites for hydroxylation is 2. The SMILES string of the molecule is CCOc1nc(C)cc(C)c1CNC(C)C. The van der Waals surface area contributed by atoms with Crippen molar-refractivity contribution >= 4 is 0 Å². The predicted octanol–water partition coefficient (Wildman–Crippen LogP) is 2.60. The monoisotopic (exact) mass is 222 g/mol. The smallest absolute Gasteiger partial charge is 0.218 e. The Morgan fingerprint density at radius 2 is 2.06 bits per heavy atom. The zero-order valence-corrected chi connectivity index (χ0v) is 10.9. The van der Waals surface area contributed by atoms with Crippen molar-refractivity contribution < 1.29 is 4.74 Å². The maximum atomic E-state index is 5.58. The van der Waals surface area contributed by atoms with Crippen molar-refractivity contribution in [1.29, 1.82) is 0 Å². The molecule has 0 aliphatic carbocycles. The van der Waals surface area contributed by atoms with Gasteiger partial charge in [0, 0.05) is 23.8 Å². The lowest BCUT2D eigenvalue weighted by Crippen LogP contribution is -2.23. The quantitative estimate of drug-likeness (QED) is 0.831. The molecule has 1 heterocycles. The number of aromatic nitrogens is 1. The van der Waals surface area contributed by atoms with Crippen molar-refractivity contribution in [3.63, 3.8) is 0 Å². The fourth-order valence-electron chi connectivity index (χ4n) is 1.61. The average Bonchev–Trinajstić information content (AvgIpc) is 2.16. The summed E-state index contributed by atoms with van der Waals surface area (Å²) >= 11 is 0. The first-order valence-electron chi connectivity index (χ1n) is 5.87. The number of nitrogens with one attached hydrogen (secondary N) is 1. The van der Waals surface area contributed by atoms with Gasteiger partial charge in [0.05, 0.1) is 6.61 Å². The molecule has 0 aromatic carbocycles. The molecule has 0 aliphatic rings. The van der Waals surface area contributed by atoms with E-state index in [2.05, 4.69) is 37.1 Å². The maximum absolute atomic E-state index is 5.58. The van der Waals surface area contributed by atoms with E-state index < -0.39 is 0 Å². The summed E-state index contributed by atoms with van der Waals surface area (Å²) in [6.07, 6.45) is 0. The molecule has 0 radical (unpaired) electrons. The van der Waals surface area contributed by atoms with Gasteiger partial charge in [-0.15, -0.1) is 0 Å². The third kappa shape index (κ3) is 3.49. The molecule has 1 N–H and O–H groups in total. The molecule has 0 bridgehead atoms. The molecular weight excluding hydrogens is 200 g/mol. The molecule has 1 aromatic rings. The second-order valence-electron chi connectivity index (χ2n) is 4.33. The van der Waals surface area contributed by atoms with Crippen molar-refractivity contribution in [3.05, 3.63) is 22.9 Å². The molecule has 0 atom stereocenters. The topological polar surface area (TPSA) is 34.1 Å². The van der Waals surface area contributed by atoms with E-state index in [9.17, 15) is 0 Å². The summed E-state index contributed by atoms with van der Waals surface area (Å²) in [5.41, 5.74) is 3.42. The molecule has 0 saturated heterocycles. The van der Waals surface area contributed by atoms with E-state index in [0.717, 1.165) is 18.1 Å². The van der Waals surface area contributed by atoms with Gasteiger partial charge >= 0.3 is 0 Å². The summed E-state index contributed by atoms with van der Waals surface area (Å²) in [6.45, 7) is 11.8. The Morgan fingerprint density at radius 3 is 2.62 bits per heavy atom. The molecule has 0 saturated carbocycles. The number of hydrogen-bond donors (Lipinski definition) is 1. The number of ether oxygens (including phenoxy) is 1. The van der Waals surface area contributed by atoms with Crippen LogP contribution in [-0.4, -0.2) is 17.6 Å². The van der Waals surface area contributed by atoms with Crippen LogP contribution in [0.4, 0.5) is 0 Å². The number of nitrogens with zero attached hydrogens (tertiary/aromatic N) is 1. The molecule has 0 aliphatic heterocycles. The first-order chi connectivity index (χ1) is 7.54. The summed E-state index contributed by atoms with van der Waals surface area (Å²) < 4.78 is 5.58. The lowest BCUT2D eigenvalue weighted by molar-refractivity contribution is 0.320. The van der Waals surface area contributed by atoms with E-state index in [-0.39, 0.29) is 0 Å². The van der Waals surface area contributed by atoms with Crippen LogP contribution in [0.2, 0.25) is 0 Å². The zero-order chi connectivity index (χ0) is 12.1. The minimum absolute atomic E-state index is 0.468. The highest BCUT2D eigenvalue weighted by Gasteiger charge is 2.09. The van der Waals surface area contributed by atoms with Crippen LogP contribution in [0.3, 0.4) is 0 Å². The van der Waals surface area contributed by atoms with Crippen LogP contribution < -0.4 is 10.1 Å². The first kappa shape index (κ1) is 13.0. The Kier molecular flexibility index (Phi) is 4.74. The van der Waals surface area contributed by atoms with Gasteiger partial charge in [-0.1, -0.05) is 13.8 Å². The Hall–Kier alpha value is -1.09. The van der Waals surface area contributed by atoms with Crippen molar-refractivity contribution in [1.82, 2.24) is 10.3 Å². The molecule has 0 amide bonds. The molecule has 90 valence electrons. The van der Waals surface area contributed by atoms with Gasteiger partial charge in [-0.3, -0.25) is 0 Å². The largest absolute Gasteiger partial charge is 0.478 e. The van der Waals surface area contributed by atoms with E-state index in [1.54, 1.807) is 0 Å². The molecule has 0 unspecified atom stereocenters. The van der Waals surface area contributed by atoms with Crippen molar-refractivity contribution in [2.75, 3.05) is 6.61 Å². The van der Waals surface area contributed by atoms with Gasteiger partial charge in [0.2, 0.25) is 5.88 Å². The second-order valence-corrected chi connectivity index (χ2v) is 4.33. The average molecular weight is 222 g/mol. The van der Waals surface area contributed by atoms with Gasteiger partial charge in [-0.25, -0.2) is 4.98 Å². The summed E-state index contributed by atoms with van der Waals surface area (Å²) in [5, 5.41) is 3.40. The normalized spacial score (nSPS) is 10.9. The molecule has 3 heteroatoms. The standard InChI is InChI=1S/C13H22N2O/c1-6-16-13-12(8-14-9(2)3)10(4)7-11(5)15-13/h7,9,14H,6,8H2,1-5H3. The fourth-order valence-corrected chi connectivity index (χ4v) is 1.61. The third-order valence-electron chi connectivity index (χ3n) is 2.41. The highest BCUT2D eigenvalue weighted by atomic mass is 16.5. The minimum atomic E-state index is 0.468.